The Morgan fingerprint density at radius 1 is 1.50 bits per heavy atom. The number of carbonyl (C=O) groups is 2. The summed E-state index contributed by atoms with van der Waals surface area (Å²) in [5.74, 6) is -3.29. The molecule has 7 nitrogen and oxygen atoms in total. The van der Waals surface area contributed by atoms with Gasteiger partial charge < -0.3 is 24.8 Å². The summed E-state index contributed by atoms with van der Waals surface area (Å²) in [6, 6.07) is 0. The van der Waals surface area contributed by atoms with Gasteiger partial charge in [-0.05, 0) is 19.9 Å². The highest BCUT2D eigenvalue weighted by Gasteiger charge is 2.62. The summed E-state index contributed by atoms with van der Waals surface area (Å²) in [5.41, 5.74) is -0.402. The maximum absolute atomic E-state index is 12.4. The molecule has 0 amide bonds. The first-order valence-electron chi connectivity index (χ1n) is 9.17. The van der Waals surface area contributed by atoms with E-state index in [9.17, 15) is 19.8 Å². The third kappa shape index (κ3) is 3.30. The molecule has 28 heavy (non-hydrogen) atoms. The molecule has 1 aliphatic heterocycles. The number of carbonyl (C=O) groups excluding carboxylic acids is 2. The topological polar surface area (TPSA) is 113 Å². The van der Waals surface area contributed by atoms with Gasteiger partial charge in [0.25, 0.3) is 0 Å². The highest BCUT2D eigenvalue weighted by Crippen LogP contribution is 2.53. The van der Waals surface area contributed by atoms with Gasteiger partial charge in [-0.15, -0.1) is 11.6 Å². The third-order valence-electron chi connectivity index (χ3n) is 6.11. The van der Waals surface area contributed by atoms with E-state index < -0.39 is 53.6 Å². The molecule has 7 atom stereocenters. The Morgan fingerprint density at radius 2 is 2.18 bits per heavy atom. The van der Waals surface area contributed by atoms with Crippen LogP contribution in [0.15, 0.2) is 35.5 Å². The maximum Gasteiger partial charge on any atom is 0.334 e. The molecular weight excluding hydrogens is 388 g/mol. The van der Waals surface area contributed by atoms with E-state index in [-0.39, 0.29) is 30.1 Å². The molecule has 0 radical (unpaired) electrons. The van der Waals surface area contributed by atoms with Crippen molar-refractivity contribution < 1.29 is 34.4 Å². The van der Waals surface area contributed by atoms with Crippen molar-refractivity contribution in [2.75, 3.05) is 12.5 Å². The zero-order valence-electron chi connectivity index (χ0n) is 15.8. The first-order chi connectivity index (χ1) is 13.1. The Morgan fingerprint density at radius 3 is 2.79 bits per heavy atom. The fourth-order valence-corrected chi connectivity index (χ4v) is 5.04. The summed E-state index contributed by atoms with van der Waals surface area (Å²) < 4.78 is 11.2. The fraction of sp³-hybridized carbons (Fsp3) is 0.600. The molecule has 3 N–H and O–H groups in total. The van der Waals surface area contributed by atoms with Gasteiger partial charge in [0.15, 0.2) is 0 Å². The first-order valence-corrected chi connectivity index (χ1v) is 9.71. The lowest BCUT2D eigenvalue weighted by atomic mass is 9.75. The normalized spacial score (nSPS) is 40.4. The third-order valence-corrected chi connectivity index (χ3v) is 6.58. The molecule has 0 bridgehead atoms. The second-order valence-corrected chi connectivity index (χ2v) is 8.10. The van der Waals surface area contributed by atoms with Crippen molar-refractivity contribution in [2.24, 2.45) is 17.8 Å². The molecule has 1 heterocycles. The zero-order chi connectivity index (χ0) is 20.8. The van der Waals surface area contributed by atoms with Crippen molar-refractivity contribution in [3.8, 4) is 0 Å². The Bertz CT molecular complexity index is 758. The van der Waals surface area contributed by atoms with Crippen LogP contribution in [0.3, 0.4) is 0 Å². The van der Waals surface area contributed by atoms with Gasteiger partial charge in [0.05, 0.1) is 30.1 Å². The van der Waals surface area contributed by atoms with E-state index in [1.807, 2.05) is 0 Å². The number of hydrogen-bond acceptors (Lipinski definition) is 7. The van der Waals surface area contributed by atoms with Gasteiger partial charge >= 0.3 is 11.9 Å². The van der Waals surface area contributed by atoms with E-state index in [1.54, 1.807) is 13.0 Å². The zero-order valence-corrected chi connectivity index (χ0v) is 16.6. The Labute approximate surface area is 168 Å². The van der Waals surface area contributed by atoms with Crippen molar-refractivity contribution >= 4 is 23.5 Å². The van der Waals surface area contributed by atoms with Crippen LogP contribution in [-0.4, -0.2) is 63.7 Å². The fourth-order valence-electron chi connectivity index (χ4n) is 4.76. The van der Waals surface area contributed by atoms with Crippen LogP contribution < -0.4 is 0 Å². The van der Waals surface area contributed by atoms with Crippen LogP contribution in [0.25, 0.3) is 0 Å². The molecule has 1 saturated carbocycles. The van der Waals surface area contributed by atoms with E-state index in [4.69, 9.17) is 26.2 Å². The lowest BCUT2D eigenvalue weighted by molar-refractivity contribution is -0.150. The van der Waals surface area contributed by atoms with Crippen molar-refractivity contribution in [2.45, 2.75) is 44.2 Å². The summed E-state index contributed by atoms with van der Waals surface area (Å²) >= 11 is 6.11. The van der Waals surface area contributed by atoms with Gasteiger partial charge in [0.2, 0.25) is 0 Å². The van der Waals surface area contributed by atoms with Gasteiger partial charge in [0.1, 0.15) is 12.2 Å². The molecule has 2 aliphatic carbocycles. The highest BCUT2D eigenvalue weighted by atomic mass is 35.5. The SMILES string of the molecule is C=C1C(=O)O[C@@H]2[C@H]3C(C)=C[C@@H](O)[C@@H]3[C@@](O)(CCl)C[C@@H](OC(=O)/C(C)=C/CO)[C@@H]12. The number of halogens is 1. The maximum atomic E-state index is 12.4. The molecule has 0 aromatic carbocycles. The molecule has 0 aromatic rings. The average Bonchev–Trinajstić information content (AvgIpc) is 3.05. The molecule has 0 spiro atoms. The molecule has 3 aliphatic rings. The second-order valence-electron chi connectivity index (χ2n) is 7.83. The van der Waals surface area contributed by atoms with Gasteiger partial charge in [-0.2, -0.15) is 0 Å². The Kier molecular flexibility index (Phi) is 5.74. The van der Waals surface area contributed by atoms with E-state index in [0.717, 1.165) is 5.57 Å². The van der Waals surface area contributed by atoms with Crippen LogP contribution in [0.1, 0.15) is 20.3 Å². The van der Waals surface area contributed by atoms with Crippen molar-refractivity contribution in [1.29, 1.82) is 0 Å². The molecule has 3 rings (SSSR count). The van der Waals surface area contributed by atoms with Crippen molar-refractivity contribution in [3.63, 3.8) is 0 Å². The minimum Gasteiger partial charge on any atom is -0.458 e. The summed E-state index contributed by atoms with van der Waals surface area (Å²) in [6.45, 7) is 6.79. The van der Waals surface area contributed by atoms with Crippen LogP contribution in [0.2, 0.25) is 0 Å². The highest BCUT2D eigenvalue weighted by molar-refractivity contribution is 6.18. The first kappa shape index (κ1) is 21.0. The number of ether oxygens (including phenoxy) is 2. The number of aliphatic hydroxyl groups excluding tert-OH is 2. The van der Waals surface area contributed by atoms with Crippen LogP contribution in [-0.2, 0) is 19.1 Å². The monoisotopic (exact) mass is 412 g/mol. The number of fused-ring (bicyclic) bond motifs is 3. The Hall–Kier alpha value is -1.67. The second kappa shape index (κ2) is 7.63. The molecule has 1 saturated heterocycles. The van der Waals surface area contributed by atoms with E-state index in [2.05, 4.69) is 6.58 Å². The lowest BCUT2D eigenvalue weighted by Crippen LogP contribution is -2.49. The molecule has 8 heteroatoms. The van der Waals surface area contributed by atoms with E-state index >= 15 is 0 Å². The van der Waals surface area contributed by atoms with Crippen molar-refractivity contribution in [1.82, 2.24) is 0 Å². The van der Waals surface area contributed by atoms with E-state index in [1.165, 1.54) is 13.0 Å². The molecule has 0 aromatic heterocycles. The summed E-state index contributed by atoms with van der Waals surface area (Å²) in [6.07, 6.45) is 0.251. The molecule has 0 unspecified atom stereocenters. The minimum absolute atomic E-state index is 0.0786. The smallest absolute Gasteiger partial charge is 0.334 e. The number of esters is 2. The van der Waals surface area contributed by atoms with Gasteiger partial charge in [-0.3, -0.25) is 0 Å². The predicted molar refractivity (Wildman–Crippen MR) is 100 cm³/mol. The molecule has 2 fully saturated rings. The number of rotatable bonds is 4. The van der Waals surface area contributed by atoms with Crippen LogP contribution in [0.5, 0.6) is 0 Å². The lowest BCUT2D eigenvalue weighted by Gasteiger charge is -2.38. The summed E-state index contributed by atoms with van der Waals surface area (Å²) in [5, 5.41) is 30.9. The standard InChI is InChI=1S/C20H25ClO7/c1-9(4-5-22)18(24)27-13-7-20(26,8-21)16-12(23)6-10(2)14(16)17-15(13)11(3)19(25)28-17/h4,6,12-17,22-23,26H,3,5,7-8H2,1-2H3/b9-4+/t12-,13-,14+,15-,16+,17-,20+/m1/s1. The predicted octanol–water partition coefficient (Wildman–Crippen LogP) is 0.861. The number of aliphatic hydroxyl groups is 3. The molecular formula is C20H25ClO7. The van der Waals surface area contributed by atoms with Crippen LogP contribution in [0.4, 0.5) is 0 Å². The Balaban J connectivity index is 2.04. The summed E-state index contributed by atoms with van der Waals surface area (Å²) in [4.78, 5) is 24.7. The molecule has 154 valence electrons. The van der Waals surface area contributed by atoms with Crippen LogP contribution in [0, 0.1) is 17.8 Å². The minimum atomic E-state index is -1.55. The van der Waals surface area contributed by atoms with Gasteiger partial charge in [0, 0.05) is 29.4 Å². The van der Waals surface area contributed by atoms with E-state index in [0.29, 0.717) is 0 Å². The summed E-state index contributed by atoms with van der Waals surface area (Å²) in [7, 11) is 0. The number of alkyl halides is 1. The van der Waals surface area contributed by atoms with Gasteiger partial charge in [-0.25, -0.2) is 9.59 Å². The quantitative estimate of drug-likeness (QED) is 0.271. The van der Waals surface area contributed by atoms with Crippen LogP contribution >= 0.6 is 11.6 Å². The largest absolute Gasteiger partial charge is 0.458 e. The van der Waals surface area contributed by atoms with Gasteiger partial charge in [-0.1, -0.05) is 18.2 Å². The number of hydrogen-bond donors (Lipinski definition) is 3. The van der Waals surface area contributed by atoms with Crippen molar-refractivity contribution in [3.05, 3.63) is 35.5 Å². The average molecular weight is 413 g/mol.